The standard InChI is InChI=1S/C16H18N2O2/c1-4-20-16(19)13-7-10-15(17-11-13)18(3)14-8-5-12(2)6-9-14/h5-11H,4H2,1-3H3. The van der Waals surface area contributed by atoms with Gasteiger partial charge in [-0.2, -0.15) is 0 Å². The number of carbonyl (C=O) groups is 1. The zero-order valence-electron chi connectivity index (χ0n) is 12.0. The van der Waals surface area contributed by atoms with Crippen LogP contribution in [-0.2, 0) is 4.74 Å². The van der Waals surface area contributed by atoms with Gasteiger partial charge in [-0.1, -0.05) is 17.7 Å². The minimum Gasteiger partial charge on any atom is -0.462 e. The number of hydrogen-bond donors (Lipinski definition) is 0. The Bertz CT molecular complexity index is 576. The van der Waals surface area contributed by atoms with Gasteiger partial charge in [0.25, 0.3) is 0 Å². The van der Waals surface area contributed by atoms with E-state index in [-0.39, 0.29) is 5.97 Å². The summed E-state index contributed by atoms with van der Waals surface area (Å²) in [6.07, 6.45) is 1.54. The number of rotatable bonds is 4. The van der Waals surface area contributed by atoms with Crippen LogP contribution in [0.5, 0.6) is 0 Å². The molecule has 2 aromatic rings. The van der Waals surface area contributed by atoms with Crippen molar-refractivity contribution in [1.82, 2.24) is 4.98 Å². The molecule has 0 bridgehead atoms. The van der Waals surface area contributed by atoms with Gasteiger partial charge in [0, 0.05) is 18.9 Å². The SMILES string of the molecule is CCOC(=O)c1ccc(N(C)c2ccc(C)cc2)nc1. The van der Waals surface area contributed by atoms with E-state index in [1.807, 2.05) is 30.1 Å². The molecule has 0 fully saturated rings. The van der Waals surface area contributed by atoms with Gasteiger partial charge in [0.2, 0.25) is 0 Å². The maximum absolute atomic E-state index is 11.6. The minimum atomic E-state index is -0.343. The van der Waals surface area contributed by atoms with Crippen LogP contribution in [0.25, 0.3) is 0 Å². The summed E-state index contributed by atoms with van der Waals surface area (Å²) in [6.45, 7) is 4.20. The van der Waals surface area contributed by atoms with Gasteiger partial charge in [0.05, 0.1) is 12.2 Å². The molecule has 1 heterocycles. The first-order chi connectivity index (χ1) is 9.61. The molecule has 0 radical (unpaired) electrons. The molecule has 0 spiro atoms. The third-order valence-corrected chi connectivity index (χ3v) is 3.02. The Kier molecular flexibility index (Phi) is 4.35. The average molecular weight is 270 g/mol. The summed E-state index contributed by atoms with van der Waals surface area (Å²) in [4.78, 5) is 17.8. The van der Waals surface area contributed by atoms with Crippen molar-refractivity contribution < 1.29 is 9.53 Å². The third kappa shape index (κ3) is 3.15. The maximum atomic E-state index is 11.6. The second kappa shape index (κ2) is 6.19. The summed E-state index contributed by atoms with van der Waals surface area (Å²) >= 11 is 0. The van der Waals surface area contributed by atoms with E-state index in [0.717, 1.165) is 11.5 Å². The Hall–Kier alpha value is -2.36. The lowest BCUT2D eigenvalue weighted by molar-refractivity contribution is 0.0526. The lowest BCUT2D eigenvalue weighted by atomic mass is 10.2. The molecule has 20 heavy (non-hydrogen) atoms. The lowest BCUT2D eigenvalue weighted by Gasteiger charge is -2.18. The molecule has 0 unspecified atom stereocenters. The van der Waals surface area contributed by atoms with E-state index in [1.165, 1.54) is 11.8 Å². The fourth-order valence-electron chi connectivity index (χ4n) is 1.82. The molecule has 0 aliphatic rings. The van der Waals surface area contributed by atoms with E-state index in [9.17, 15) is 4.79 Å². The van der Waals surface area contributed by atoms with E-state index in [4.69, 9.17) is 4.74 Å². The predicted octanol–water partition coefficient (Wildman–Crippen LogP) is 3.33. The van der Waals surface area contributed by atoms with Crippen molar-refractivity contribution in [1.29, 1.82) is 0 Å². The molecule has 1 aromatic carbocycles. The highest BCUT2D eigenvalue weighted by atomic mass is 16.5. The first-order valence-corrected chi connectivity index (χ1v) is 6.55. The Labute approximate surface area is 119 Å². The number of pyridine rings is 1. The second-order valence-corrected chi connectivity index (χ2v) is 4.52. The van der Waals surface area contributed by atoms with Crippen molar-refractivity contribution in [2.45, 2.75) is 13.8 Å². The first kappa shape index (κ1) is 14.1. The van der Waals surface area contributed by atoms with Gasteiger partial charge in [-0.3, -0.25) is 0 Å². The summed E-state index contributed by atoms with van der Waals surface area (Å²) < 4.78 is 4.93. The highest BCUT2D eigenvalue weighted by molar-refractivity contribution is 5.89. The van der Waals surface area contributed by atoms with Crippen LogP contribution in [0.4, 0.5) is 11.5 Å². The Morgan fingerprint density at radius 2 is 1.90 bits per heavy atom. The molecule has 0 saturated carbocycles. The minimum absolute atomic E-state index is 0.343. The van der Waals surface area contributed by atoms with Crippen LogP contribution in [-0.4, -0.2) is 24.6 Å². The van der Waals surface area contributed by atoms with Gasteiger partial charge in [0.15, 0.2) is 0 Å². The summed E-state index contributed by atoms with van der Waals surface area (Å²) in [7, 11) is 1.94. The predicted molar refractivity (Wildman–Crippen MR) is 79.4 cm³/mol. The van der Waals surface area contributed by atoms with Crippen LogP contribution in [0.2, 0.25) is 0 Å². The molecule has 2 rings (SSSR count). The lowest BCUT2D eigenvalue weighted by Crippen LogP contribution is -2.12. The zero-order valence-corrected chi connectivity index (χ0v) is 12.0. The molecular formula is C16H18N2O2. The van der Waals surface area contributed by atoms with E-state index in [2.05, 4.69) is 24.0 Å². The van der Waals surface area contributed by atoms with Gasteiger partial charge in [-0.25, -0.2) is 9.78 Å². The Morgan fingerprint density at radius 1 is 1.20 bits per heavy atom. The summed E-state index contributed by atoms with van der Waals surface area (Å²) in [5.74, 6) is 0.437. The van der Waals surface area contributed by atoms with Gasteiger partial charge in [-0.15, -0.1) is 0 Å². The van der Waals surface area contributed by atoms with E-state index >= 15 is 0 Å². The maximum Gasteiger partial charge on any atom is 0.339 e. The molecular weight excluding hydrogens is 252 g/mol. The number of hydrogen-bond acceptors (Lipinski definition) is 4. The number of carbonyl (C=O) groups excluding carboxylic acids is 1. The summed E-state index contributed by atoms with van der Waals surface area (Å²) in [6, 6.07) is 11.7. The van der Waals surface area contributed by atoms with Crippen LogP contribution in [0.1, 0.15) is 22.8 Å². The number of aromatic nitrogens is 1. The van der Waals surface area contributed by atoms with E-state index in [0.29, 0.717) is 12.2 Å². The molecule has 4 nitrogen and oxygen atoms in total. The highest BCUT2D eigenvalue weighted by Crippen LogP contribution is 2.21. The van der Waals surface area contributed by atoms with Crippen LogP contribution in [0, 0.1) is 6.92 Å². The first-order valence-electron chi connectivity index (χ1n) is 6.55. The number of ether oxygens (including phenoxy) is 1. The van der Waals surface area contributed by atoms with Crippen molar-refractivity contribution in [3.8, 4) is 0 Å². The van der Waals surface area contributed by atoms with Crippen molar-refractivity contribution in [3.05, 3.63) is 53.7 Å². The number of esters is 1. The molecule has 0 aliphatic carbocycles. The number of anilines is 2. The van der Waals surface area contributed by atoms with Gasteiger partial charge in [-0.05, 0) is 38.1 Å². The van der Waals surface area contributed by atoms with E-state index < -0.39 is 0 Å². The summed E-state index contributed by atoms with van der Waals surface area (Å²) in [5.41, 5.74) is 2.73. The van der Waals surface area contributed by atoms with Crippen molar-refractivity contribution >= 4 is 17.5 Å². The van der Waals surface area contributed by atoms with Crippen molar-refractivity contribution in [2.24, 2.45) is 0 Å². The number of benzene rings is 1. The zero-order chi connectivity index (χ0) is 14.5. The molecule has 0 atom stereocenters. The third-order valence-electron chi connectivity index (χ3n) is 3.02. The van der Waals surface area contributed by atoms with Crippen molar-refractivity contribution in [2.75, 3.05) is 18.6 Å². The van der Waals surface area contributed by atoms with Crippen molar-refractivity contribution in [3.63, 3.8) is 0 Å². The molecule has 1 aromatic heterocycles. The van der Waals surface area contributed by atoms with Crippen LogP contribution in [0.15, 0.2) is 42.6 Å². The fourth-order valence-corrected chi connectivity index (χ4v) is 1.82. The van der Waals surface area contributed by atoms with Gasteiger partial charge in [0.1, 0.15) is 5.82 Å². The number of nitrogens with zero attached hydrogens (tertiary/aromatic N) is 2. The highest BCUT2D eigenvalue weighted by Gasteiger charge is 2.09. The molecule has 0 N–H and O–H groups in total. The van der Waals surface area contributed by atoms with Gasteiger partial charge >= 0.3 is 5.97 Å². The van der Waals surface area contributed by atoms with Crippen LogP contribution in [0.3, 0.4) is 0 Å². The van der Waals surface area contributed by atoms with E-state index in [1.54, 1.807) is 13.0 Å². The molecule has 0 aliphatic heterocycles. The molecule has 0 amide bonds. The largest absolute Gasteiger partial charge is 0.462 e. The monoisotopic (exact) mass is 270 g/mol. The molecule has 4 heteroatoms. The summed E-state index contributed by atoms with van der Waals surface area (Å²) in [5, 5.41) is 0. The molecule has 0 saturated heterocycles. The van der Waals surface area contributed by atoms with Crippen LogP contribution >= 0.6 is 0 Å². The molecule has 104 valence electrons. The quantitative estimate of drug-likeness (QED) is 0.799. The Morgan fingerprint density at radius 3 is 2.45 bits per heavy atom. The normalized spacial score (nSPS) is 10.2. The smallest absolute Gasteiger partial charge is 0.339 e. The van der Waals surface area contributed by atoms with Gasteiger partial charge < -0.3 is 9.64 Å². The fraction of sp³-hybridized carbons (Fsp3) is 0.250. The topological polar surface area (TPSA) is 42.4 Å². The Balaban J connectivity index is 2.17. The van der Waals surface area contributed by atoms with Crippen LogP contribution < -0.4 is 4.90 Å². The second-order valence-electron chi connectivity index (χ2n) is 4.52. The number of aryl methyl sites for hydroxylation is 1. The average Bonchev–Trinajstić information content (AvgIpc) is 2.48.